The summed E-state index contributed by atoms with van der Waals surface area (Å²) in [4.78, 5) is 2.52. The van der Waals surface area contributed by atoms with E-state index in [2.05, 4.69) is 30.0 Å². The van der Waals surface area contributed by atoms with Crippen LogP contribution in [0.3, 0.4) is 0 Å². The van der Waals surface area contributed by atoms with E-state index in [-0.39, 0.29) is 0 Å². The van der Waals surface area contributed by atoms with Crippen molar-refractivity contribution in [2.45, 2.75) is 39.2 Å². The maximum absolute atomic E-state index is 5.82. The molecular formula is C14H22N2. The molecule has 0 amide bonds. The molecule has 0 radical (unpaired) electrons. The normalized spacial score (nSPS) is 17.2. The fraction of sp³-hybridized carbons (Fsp3) is 0.571. The van der Waals surface area contributed by atoms with E-state index in [0.717, 1.165) is 0 Å². The maximum Gasteiger partial charge on any atom is 0.0414 e. The molecule has 2 rings (SSSR count). The lowest BCUT2D eigenvalue weighted by Gasteiger charge is -2.25. The Bertz CT molecular complexity index is 339. The monoisotopic (exact) mass is 218 g/mol. The minimum atomic E-state index is 0.645. The predicted molar refractivity (Wildman–Crippen MR) is 69.8 cm³/mol. The van der Waals surface area contributed by atoms with E-state index in [0.29, 0.717) is 6.54 Å². The van der Waals surface area contributed by atoms with E-state index in [1.54, 1.807) is 0 Å². The van der Waals surface area contributed by atoms with Gasteiger partial charge in [-0.3, -0.25) is 0 Å². The van der Waals surface area contributed by atoms with Crippen molar-refractivity contribution in [1.29, 1.82) is 0 Å². The number of nitrogens with zero attached hydrogens (tertiary/aromatic N) is 1. The van der Waals surface area contributed by atoms with Crippen LogP contribution in [0.5, 0.6) is 0 Å². The maximum atomic E-state index is 5.82. The molecular weight excluding hydrogens is 196 g/mol. The van der Waals surface area contributed by atoms with Crippen molar-refractivity contribution >= 4 is 5.69 Å². The molecule has 2 nitrogen and oxygen atoms in total. The van der Waals surface area contributed by atoms with Gasteiger partial charge < -0.3 is 10.6 Å². The van der Waals surface area contributed by atoms with Gasteiger partial charge in [-0.2, -0.15) is 0 Å². The Kier molecular flexibility index (Phi) is 3.83. The molecule has 0 bridgehead atoms. The number of rotatable bonds is 2. The molecule has 1 fully saturated rings. The number of nitrogens with two attached hydrogens (primary N) is 1. The van der Waals surface area contributed by atoms with Crippen molar-refractivity contribution in [3.05, 3.63) is 29.3 Å². The van der Waals surface area contributed by atoms with Crippen LogP contribution in [0.4, 0.5) is 5.69 Å². The van der Waals surface area contributed by atoms with Gasteiger partial charge in [0.25, 0.3) is 0 Å². The van der Waals surface area contributed by atoms with Crippen molar-refractivity contribution in [3.63, 3.8) is 0 Å². The van der Waals surface area contributed by atoms with Gasteiger partial charge in [0.2, 0.25) is 0 Å². The summed E-state index contributed by atoms with van der Waals surface area (Å²) < 4.78 is 0. The third-order valence-corrected chi connectivity index (χ3v) is 3.41. The van der Waals surface area contributed by atoms with Gasteiger partial charge in [-0.15, -0.1) is 0 Å². The lowest BCUT2D eigenvalue weighted by Crippen LogP contribution is -2.25. The van der Waals surface area contributed by atoms with Crippen molar-refractivity contribution in [3.8, 4) is 0 Å². The molecule has 2 heteroatoms. The molecule has 0 unspecified atom stereocenters. The number of benzene rings is 1. The first kappa shape index (κ1) is 11.5. The average molecular weight is 218 g/mol. The molecule has 1 aromatic rings. The van der Waals surface area contributed by atoms with Crippen molar-refractivity contribution in [1.82, 2.24) is 0 Å². The summed E-state index contributed by atoms with van der Waals surface area (Å²) in [5, 5.41) is 0. The lowest BCUT2D eigenvalue weighted by molar-refractivity contribution is 0.726. The van der Waals surface area contributed by atoms with Gasteiger partial charge >= 0.3 is 0 Å². The van der Waals surface area contributed by atoms with Gasteiger partial charge in [0.05, 0.1) is 0 Å². The van der Waals surface area contributed by atoms with Crippen molar-refractivity contribution < 1.29 is 0 Å². The van der Waals surface area contributed by atoms with Crippen LogP contribution in [-0.4, -0.2) is 13.1 Å². The highest BCUT2D eigenvalue weighted by atomic mass is 15.1. The Labute approximate surface area is 98.4 Å². The summed E-state index contributed by atoms with van der Waals surface area (Å²) in [6.07, 6.45) is 5.39. The number of aryl methyl sites for hydroxylation is 1. The summed E-state index contributed by atoms with van der Waals surface area (Å²) in [7, 11) is 0. The molecule has 0 saturated carbocycles. The fourth-order valence-corrected chi connectivity index (χ4v) is 2.45. The molecule has 1 aromatic carbocycles. The van der Waals surface area contributed by atoms with Crippen LogP contribution in [0.1, 0.15) is 36.8 Å². The van der Waals surface area contributed by atoms with Crippen LogP contribution < -0.4 is 10.6 Å². The standard InChI is InChI=1S/C14H22N2/c1-12-6-7-13(11-15)14(10-12)16-8-4-2-3-5-9-16/h6-7,10H,2-5,8-9,11,15H2,1H3. The second kappa shape index (κ2) is 5.35. The molecule has 1 heterocycles. The van der Waals surface area contributed by atoms with Gasteiger partial charge in [-0.05, 0) is 37.0 Å². The first-order chi connectivity index (χ1) is 7.81. The third kappa shape index (κ3) is 2.56. The fourth-order valence-electron chi connectivity index (χ4n) is 2.45. The summed E-state index contributed by atoms with van der Waals surface area (Å²) >= 11 is 0. The molecule has 0 spiro atoms. The summed E-state index contributed by atoms with van der Waals surface area (Å²) in [6.45, 7) is 5.18. The highest BCUT2D eigenvalue weighted by molar-refractivity contribution is 5.55. The smallest absolute Gasteiger partial charge is 0.0414 e. The zero-order valence-electron chi connectivity index (χ0n) is 10.2. The van der Waals surface area contributed by atoms with E-state index in [1.165, 1.54) is 55.6 Å². The van der Waals surface area contributed by atoms with Gasteiger partial charge in [0.1, 0.15) is 0 Å². The predicted octanol–water partition coefficient (Wildman–Crippen LogP) is 2.83. The van der Waals surface area contributed by atoms with Crippen LogP contribution >= 0.6 is 0 Å². The zero-order chi connectivity index (χ0) is 11.4. The number of anilines is 1. The summed E-state index contributed by atoms with van der Waals surface area (Å²) in [6, 6.07) is 6.62. The molecule has 1 aliphatic heterocycles. The van der Waals surface area contributed by atoms with Crippen LogP contribution in [0, 0.1) is 6.92 Å². The molecule has 1 aliphatic rings. The van der Waals surface area contributed by atoms with Crippen molar-refractivity contribution in [2.75, 3.05) is 18.0 Å². The van der Waals surface area contributed by atoms with E-state index >= 15 is 0 Å². The molecule has 0 atom stereocenters. The average Bonchev–Trinajstić information content (AvgIpc) is 2.57. The first-order valence-electron chi connectivity index (χ1n) is 6.36. The Morgan fingerprint density at radius 3 is 2.44 bits per heavy atom. The van der Waals surface area contributed by atoms with E-state index in [1.807, 2.05) is 0 Å². The van der Waals surface area contributed by atoms with Gasteiger partial charge in [-0.25, -0.2) is 0 Å². The minimum absolute atomic E-state index is 0.645. The molecule has 88 valence electrons. The van der Waals surface area contributed by atoms with E-state index < -0.39 is 0 Å². The second-order valence-corrected chi connectivity index (χ2v) is 4.74. The topological polar surface area (TPSA) is 29.3 Å². The number of hydrogen-bond donors (Lipinski definition) is 1. The Balaban J connectivity index is 2.25. The number of hydrogen-bond acceptors (Lipinski definition) is 2. The Morgan fingerprint density at radius 1 is 1.12 bits per heavy atom. The van der Waals surface area contributed by atoms with Crippen LogP contribution in [0.2, 0.25) is 0 Å². The molecule has 0 aromatic heterocycles. The summed E-state index contributed by atoms with van der Waals surface area (Å²) in [5.74, 6) is 0. The van der Waals surface area contributed by atoms with Crippen molar-refractivity contribution in [2.24, 2.45) is 5.73 Å². The third-order valence-electron chi connectivity index (χ3n) is 3.41. The lowest BCUT2D eigenvalue weighted by atomic mass is 10.1. The summed E-state index contributed by atoms with van der Waals surface area (Å²) in [5.41, 5.74) is 9.80. The van der Waals surface area contributed by atoms with E-state index in [9.17, 15) is 0 Å². The van der Waals surface area contributed by atoms with Gasteiger partial charge in [0, 0.05) is 25.3 Å². The highest BCUT2D eigenvalue weighted by Crippen LogP contribution is 2.24. The van der Waals surface area contributed by atoms with E-state index in [4.69, 9.17) is 5.73 Å². The SMILES string of the molecule is Cc1ccc(CN)c(N2CCCCCC2)c1. The quantitative estimate of drug-likeness (QED) is 0.827. The minimum Gasteiger partial charge on any atom is -0.371 e. The van der Waals surface area contributed by atoms with Gasteiger partial charge in [0.15, 0.2) is 0 Å². The van der Waals surface area contributed by atoms with Crippen LogP contribution in [0.15, 0.2) is 18.2 Å². The molecule has 0 aliphatic carbocycles. The molecule has 16 heavy (non-hydrogen) atoms. The van der Waals surface area contributed by atoms with Crippen LogP contribution in [0.25, 0.3) is 0 Å². The van der Waals surface area contributed by atoms with Gasteiger partial charge in [-0.1, -0.05) is 25.0 Å². The zero-order valence-corrected chi connectivity index (χ0v) is 10.2. The highest BCUT2D eigenvalue weighted by Gasteiger charge is 2.12. The first-order valence-corrected chi connectivity index (χ1v) is 6.36. The largest absolute Gasteiger partial charge is 0.371 e. The Morgan fingerprint density at radius 2 is 1.81 bits per heavy atom. The molecule has 1 saturated heterocycles. The molecule has 2 N–H and O–H groups in total. The Hall–Kier alpha value is -1.02. The second-order valence-electron chi connectivity index (χ2n) is 4.74. The van der Waals surface area contributed by atoms with Crippen LogP contribution in [-0.2, 0) is 6.54 Å².